The average Bonchev–Trinajstić information content (AvgIpc) is 3.69. The Bertz CT molecular complexity index is 2340. The molecule has 2 nitrogen and oxygen atoms in total. The highest BCUT2D eigenvalue weighted by Crippen LogP contribution is 2.53. The number of fused-ring (bicyclic) bond motifs is 3. The summed E-state index contributed by atoms with van der Waals surface area (Å²) in [5, 5.41) is 3.56. The van der Waals surface area contributed by atoms with Gasteiger partial charge in [0.25, 0.3) is 0 Å². The Morgan fingerprint density at radius 3 is 1.74 bits per heavy atom. The van der Waals surface area contributed by atoms with Gasteiger partial charge in [-0.2, -0.15) is 0 Å². The Morgan fingerprint density at radius 1 is 0.413 bits per heavy atom. The molecular weight excluding hydrogens is 577 g/mol. The standard InChI is InChI=1S/C43H28N2S/c1-4-13-29(14-5-1)30-23-25-34(26-24-30)45(33-18-8-3-9-19-33)35-27-32-17-12-22-38-40(32)39(28-35)41-42(38)46-43(44-41)37-21-11-10-20-36(37)31-15-6-2-7-16-31/h1-28H. The van der Waals surface area contributed by atoms with Gasteiger partial charge in [0.1, 0.15) is 5.01 Å². The third kappa shape index (κ3) is 4.44. The van der Waals surface area contributed by atoms with E-state index in [1.54, 1.807) is 11.3 Å². The van der Waals surface area contributed by atoms with Crippen LogP contribution in [0.2, 0.25) is 0 Å². The van der Waals surface area contributed by atoms with Crippen molar-refractivity contribution in [2.75, 3.05) is 4.90 Å². The van der Waals surface area contributed by atoms with Crippen molar-refractivity contribution in [2.45, 2.75) is 0 Å². The molecule has 7 aromatic carbocycles. The fourth-order valence-electron chi connectivity index (χ4n) is 6.71. The van der Waals surface area contributed by atoms with E-state index < -0.39 is 0 Å². The molecule has 216 valence electrons. The molecule has 8 aromatic rings. The van der Waals surface area contributed by atoms with E-state index in [0.717, 1.165) is 27.8 Å². The summed E-state index contributed by atoms with van der Waals surface area (Å²) in [6, 6.07) is 60.6. The third-order valence-corrected chi connectivity index (χ3v) is 9.96. The summed E-state index contributed by atoms with van der Waals surface area (Å²) in [4.78, 5) is 8.98. The Hall–Kier alpha value is -5.77. The molecule has 0 atom stereocenters. The van der Waals surface area contributed by atoms with Gasteiger partial charge in [-0.05, 0) is 69.4 Å². The number of nitrogens with zero attached hydrogens (tertiary/aromatic N) is 2. The van der Waals surface area contributed by atoms with Crippen molar-refractivity contribution in [3.63, 3.8) is 0 Å². The van der Waals surface area contributed by atoms with Crippen molar-refractivity contribution >= 4 is 39.2 Å². The largest absolute Gasteiger partial charge is 0.310 e. The molecule has 9 rings (SSSR count). The second-order valence-electron chi connectivity index (χ2n) is 11.6. The van der Waals surface area contributed by atoms with Crippen molar-refractivity contribution in [1.82, 2.24) is 4.98 Å². The lowest BCUT2D eigenvalue weighted by atomic mass is 10.00. The Kier molecular flexibility index (Phi) is 6.36. The van der Waals surface area contributed by atoms with Crippen LogP contribution in [0.1, 0.15) is 0 Å². The van der Waals surface area contributed by atoms with Crippen LogP contribution in [0.15, 0.2) is 170 Å². The minimum Gasteiger partial charge on any atom is -0.310 e. The summed E-state index contributed by atoms with van der Waals surface area (Å²) in [7, 11) is 0. The number of rotatable bonds is 6. The minimum absolute atomic E-state index is 1.05. The first kappa shape index (κ1) is 26.6. The number of hydrogen-bond donors (Lipinski definition) is 0. The summed E-state index contributed by atoms with van der Waals surface area (Å²) < 4.78 is 0. The minimum atomic E-state index is 1.05. The lowest BCUT2D eigenvalue weighted by Crippen LogP contribution is -2.10. The Labute approximate surface area is 272 Å². The summed E-state index contributed by atoms with van der Waals surface area (Å²) in [5.74, 6) is 0. The van der Waals surface area contributed by atoms with Gasteiger partial charge in [0.05, 0.1) is 10.6 Å². The quantitative estimate of drug-likeness (QED) is 0.188. The van der Waals surface area contributed by atoms with Crippen LogP contribution in [0.3, 0.4) is 0 Å². The van der Waals surface area contributed by atoms with E-state index in [-0.39, 0.29) is 0 Å². The van der Waals surface area contributed by atoms with Gasteiger partial charge in [-0.3, -0.25) is 0 Å². The van der Waals surface area contributed by atoms with E-state index in [2.05, 4.69) is 175 Å². The highest BCUT2D eigenvalue weighted by atomic mass is 32.1. The molecule has 0 N–H and O–H groups in total. The van der Waals surface area contributed by atoms with Crippen LogP contribution in [0.5, 0.6) is 0 Å². The molecule has 1 heterocycles. The van der Waals surface area contributed by atoms with Crippen molar-refractivity contribution in [2.24, 2.45) is 0 Å². The first-order chi connectivity index (χ1) is 22.8. The zero-order valence-electron chi connectivity index (χ0n) is 25.0. The van der Waals surface area contributed by atoms with Gasteiger partial charge < -0.3 is 4.90 Å². The predicted molar refractivity (Wildman–Crippen MR) is 195 cm³/mol. The van der Waals surface area contributed by atoms with Crippen molar-refractivity contribution in [3.05, 3.63) is 170 Å². The van der Waals surface area contributed by atoms with Crippen LogP contribution in [0.25, 0.3) is 65.3 Å². The molecule has 0 spiro atoms. The molecule has 0 saturated heterocycles. The summed E-state index contributed by atoms with van der Waals surface area (Å²) in [6.45, 7) is 0. The molecular formula is C43H28N2S. The van der Waals surface area contributed by atoms with E-state index in [4.69, 9.17) is 4.98 Å². The summed E-state index contributed by atoms with van der Waals surface area (Å²) in [5.41, 5.74) is 12.9. The number of hydrogen-bond acceptors (Lipinski definition) is 3. The molecule has 0 amide bonds. The van der Waals surface area contributed by atoms with Crippen LogP contribution in [-0.2, 0) is 0 Å². The van der Waals surface area contributed by atoms with Crippen molar-refractivity contribution in [1.29, 1.82) is 0 Å². The number of benzene rings is 7. The maximum Gasteiger partial charge on any atom is 0.125 e. The highest BCUT2D eigenvalue weighted by molar-refractivity contribution is 7.19. The second-order valence-corrected chi connectivity index (χ2v) is 12.6. The summed E-state index contributed by atoms with van der Waals surface area (Å²) >= 11 is 1.80. The van der Waals surface area contributed by atoms with E-state index in [0.29, 0.717) is 0 Å². The molecule has 1 aromatic heterocycles. The summed E-state index contributed by atoms with van der Waals surface area (Å²) in [6.07, 6.45) is 0. The van der Waals surface area contributed by atoms with Gasteiger partial charge >= 0.3 is 0 Å². The third-order valence-electron chi connectivity index (χ3n) is 8.84. The fourth-order valence-corrected chi connectivity index (χ4v) is 7.87. The number of anilines is 3. The fraction of sp³-hybridized carbons (Fsp3) is 0. The van der Waals surface area contributed by atoms with E-state index in [1.807, 2.05) is 0 Å². The van der Waals surface area contributed by atoms with Crippen LogP contribution < -0.4 is 4.90 Å². The van der Waals surface area contributed by atoms with Crippen molar-refractivity contribution < 1.29 is 0 Å². The normalized spacial score (nSPS) is 11.5. The molecule has 0 unspecified atom stereocenters. The van der Waals surface area contributed by atoms with Gasteiger partial charge in [0.15, 0.2) is 0 Å². The molecule has 46 heavy (non-hydrogen) atoms. The monoisotopic (exact) mass is 604 g/mol. The zero-order valence-corrected chi connectivity index (χ0v) is 25.8. The molecule has 0 saturated carbocycles. The van der Waals surface area contributed by atoms with Gasteiger partial charge in [0, 0.05) is 33.8 Å². The molecule has 0 fully saturated rings. The molecule has 0 radical (unpaired) electrons. The maximum atomic E-state index is 5.38. The van der Waals surface area contributed by atoms with Crippen LogP contribution in [0, 0.1) is 0 Å². The molecule has 0 aliphatic heterocycles. The number of para-hydroxylation sites is 1. The first-order valence-electron chi connectivity index (χ1n) is 15.6. The molecule has 1 aliphatic carbocycles. The number of aromatic nitrogens is 1. The average molecular weight is 605 g/mol. The predicted octanol–water partition coefficient (Wildman–Crippen LogP) is 12.4. The van der Waals surface area contributed by atoms with Gasteiger partial charge in [-0.15, -0.1) is 11.3 Å². The lowest BCUT2D eigenvalue weighted by molar-refractivity contribution is 1.29. The molecule has 1 aliphatic rings. The number of thiazole rings is 1. The van der Waals surface area contributed by atoms with E-state index >= 15 is 0 Å². The Balaban J connectivity index is 1.19. The van der Waals surface area contributed by atoms with Crippen LogP contribution >= 0.6 is 11.3 Å². The topological polar surface area (TPSA) is 16.1 Å². The SMILES string of the molecule is c1ccc(-c2ccc(N(c3ccccc3)c3cc4c5c(cccc5c3)-c3sc(-c5ccccc5-c5ccccc5)nc3-4)cc2)cc1. The lowest BCUT2D eigenvalue weighted by Gasteiger charge is -2.26. The molecule has 0 bridgehead atoms. The van der Waals surface area contributed by atoms with Crippen LogP contribution in [0.4, 0.5) is 17.1 Å². The van der Waals surface area contributed by atoms with Gasteiger partial charge in [-0.25, -0.2) is 4.98 Å². The van der Waals surface area contributed by atoms with Crippen LogP contribution in [-0.4, -0.2) is 4.98 Å². The zero-order chi connectivity index (χ0) is 30.5. The van der Waals surface area contributed by atoms with Gasteiger partial charge in [0.2, 0.25) is 0 Å². The molecule has 3 heteroatoms. The van der Waals surface area contributed by atoms with E-state index in [1.165, 1.54) is 54.6 Å². The highest BCUT2D eigenvalue weighted by Gasteiger charge is 2.28. The smallest absolute Gasteiger partial charge is 0.125 e. The maximum absolute atomic E-state index is 5.38. The second kappa shape index (κ2) is 11.0. The Morgan fingerprint density at radius 2 is 1.00 bits per heavy atom. The van der Waals surface area contributed by atoms with Crippen molar-refractivity contribution in [3.8, 4) is 54.5 Å². The van der Waals surface area contributed by atoms with Gasteiger partial charge in [-0.1, -0.05) is 133 Å². The first-order valence-corrected chi connectivity index (χ1v) is 16.4. The van der Waals surface area contributed by atoms with E-state index in [9.17, 15) is 0 Å².